The molecule has 0 radical (unpaired) electrons. The van der Waals surface area contributed by atoms with Crippen LogP contribution in [-0.4, -0.2) is 4.98 Å². The number of rotatable bonds is 2. The first kappa shape index (κ1) is 7.35. The van der Waals surface area contributed by atoms with E-state index >= 15 is 0 Å². The monoisotopic (exact) mass is 151 g/mol. The van der Waals surface area contributed by atoms with Crippen molar-refractivity contribution >= 4 is 11.8 Å². The molecule has 1 nitrogen and oxygen atoms in total. The summed E-state index contributed by atoms with van der Waals surface area (Å²) in [7, 11) is 0. The quantitative estimate of drug-likeness (QED) is 0.603. The predicted molar refractivity (Wildman–Crippen MR) is 45.0 cm³/mol. The third-order valence-electron chi connectivity index (χ3n) is 1.18. The minimum atomic E-state index is 1.20. The molecule has 0 aliphatic rings. The molecule has 1 aromatic heterocycles. The fourth-order valence-electron chi connectivity index (χ4n) is 0.683. The van der Waals surface area contributed by atoms with Gasteiger partial charge in [0.25, 0.3) is 0 Å². The summed E-state index contributed by atoms with van der Waals surface area (Å²) < 4.78 is 0. The third-order valence-corrected chi connectivity index (χ3v) is 2.06. The zero-order valence-electron chi connectivity index (χ0n) is 5.87. The van der Waals surface area contributed by atoms with Gasteiger partial charge >= 0.3 is 0 Å². The maximum Gasteiger partial charge on any atom is 0.0308 e. The lowest BCUT2D eigenvalue weighted by atomic mass is 10.3. The molecule has 0 saturated carbocycles. The Morgan fingerprint density at radius 3 is 3.10 bits per heavy atom. The number of hydrogen-bond acceptors (Lipinski definition) is 2. The summed E-state index contributed by atoms with van der Waals surface area (Å²) in [4.78, 5) is 5.21. The van der Waals surface area contributed by atoms with E-state index < -0.39 is 0 Å². The van der Waals surface area contributed by atoms with Gasteiger partial charge < -0.3 is 0 Å². The summed E-state index contributed by atoms with van der Waals surface area (Å²) in [5, 5.41) is 1.82. The molecule has 1 rings (SSSR count). The van der Waals surface area contributed by atoms with Crippen LogP contribution in [0.1, 0.15) is 5.56 Å². The van der Waals surface area contributed by atoms with E-state index in [1.165, 1.54) is 10.5 Å². The van der Waals surface area contributed by atoms with Gasteiger partial charge in [0.1, 0.15) is 0 Å². The smallest absolute Gasteiger partial charge is 0.0308 e. The van der Waals surface area contributed by atoms with E-state index in [4.69, 9.17) is 0 Å². The number of thioether (sulfide) groups is 1. The van der Waals surface area contributed by atoms with Crippen LogP contribution in [0.15, 0.2) is 35.3 Å². The largest absolute Gasteiger partial charge is 0.264 e. The van der Waals surface area contributed by atoms with Crippen LogP contribution in [0.4, 0.5) is 0 Å². The van der Waals surface area contributed by atoms with Crippen LogP contribution in [0.3, 0.4) is 0 Å². The molecule has 0 amide bonds. The summed E-state index contributed by atoms with van der Waals surface area (Å²) >= 11 is 1.63. The highest BCUT2D eigenvalue weighted by molar-refractivity contribution is 8.02. The Morgan fingerprint density at radius 2 is 2.50 bits per heavy atom. The highest BCUT2D eigenvalue weighted by Gasteiger charge is 1.92. The zero-order valence-corrected chi connectivity index (χ0v) is 6.69. The van der Waals surface area contributed by atoms with Gasteiger partial charge in [-0.25, -0.2) is 0 Å². The van der Waals surface area contributed by atoms with Crippen LogP contribution in [0.25, 0.3) is 0 Å². The summed E-state index contributed by atoms with van der Waals surface area (Å²) in [6.07, 6.45) is 3.64. The van der Waals surface area contributed by atoms with E-state index in [1.54, 1.807) is 18.0 Å². The Balaban J connectivity index is 2.91. The standard InChI is InChI=1S/C8H9NS/c1-3-10-8-4-5-9-6-7(8)2/h3-6H,1H2,2H3. The van der Waals surface area contributed by atoms with Crippen molar-refractivity contribution in [1.29, 1.82) is 0 Å². The maximum atomic E-state index is 3.98. The molecule has 0 aliphatic heterocycles. The van der Waals surface area contributed by atoms with Crippen molar-refractivity contribution in [3.8, 4) is 0 Å². The molecule has 1 heterocycles. The number of nitrogens with zero attached hydrogens (tertiary/aromatic N) is 1. The first-order valence-electron chi connectivity index (χ1n) is 3.03. The van der Waals surface area contributed by atoms with Crippen molar-refractivity contribution in [1.82, 2.24) is 4.98 Å². The van der Waals surface area contributed by atoms with Gasteiger partial charge in [-0.05, 0) is 24.0 Å². The molecular weight excluding hydrogens is 142 g/mol. The zero-order chi connectivity index (χ0) is 7.40. The molecule has 0 saturated heterocycles. The van der Waals surface area contributed by atoms with Crippen molar-refractivity contribution in [3.63, 3.8) is 0 Å². The van der Waals surface area contributed by atoms with Crippen molar-refractivity contribution < 1.29 is 0 Å². The number of hydrogen-bond donors (Lipinski definition) is 0. The molecule has 0 aromatic carbocycles. The molecular formula is C8H9NS. The van der Waals surface area contributed by atoms with Gasteiger partial charge in [0.15, 0.2) is 0 Å². The highest BCUT2D eigenvalue weighted by Crippen LogP contribution is 2.20. The molecule has 0 bridgehead atoms. The van der Waals surface area contributed by atoms with E-state index in [0.717, 1.165) is 0 Å². The van der Waals surface area contributed by atoms with Gasteiger partial charge in [-0.1, -0.05) is 18.3 Å². The molecule has 10 heavy (non-hydrogen) atoms. The van der Waals surface area contributed by atoms with Crippen molar-refractivity contribution in [2.45, 2.75) is 11.8 Å². The summed E-state index contributed by atoms with van der Waals surface area (Å²) in [6.45, 7) is 5.68. The Labute approximate surface area is 65.2 Å². The lowest BCUT2D eigenvalue weighted by Gasteiger charge is -1.97. The molecule has 1 aromatic rings. The first-order valence-corrected chi connectivity index (χ1v) is 3.90. The van der Waals surface area contributed by atoms with Gasteiger partial charge in [0, 0.05) is 17.3 Å². The van der Waals surface area contributed by atoms with E-state index in [2.05, 4.69) is 11.6 Å². The topological polar surface area (TPSA) is 12.9 Å². The van der Waals surface area contributed by atoms with Crippen LogP contribution in [0, 0.1) is 6.92 Å². The van der Waals surface area contributed by atoms with Gasteiger partial charge in [-0.15, -0.1) is 0 Å². The normalized spacial score (nSPS) is 9.30. The Bertz CT molecular complexity index is 232. The SMILES string of the molecule is C=CSc1ccncc1C. The Morgan fingerprint density at radius 1 is 1.70 bits per heavy atom. The van der Waals surface area contributed by atoms with Gasteiger partial charge in [0.05, 0.1) is 0 Å². The minimum Gasteiger partial charge on any atom is -0.264 e. The van der Waals surface area contributed by atoms with E-state index in [1.807, 2.05) is 24.6 Å². The van der Waals surface area contributed by atoms with Crippen molar-refractivity contribution in [2.75, 3.05) is 0 Å². The second-order valence-electron chi connectivity index (χ2n) is 1.93. The average Bonchev–Trinajstić information content (AvgIpc) is 1.94. The molecule has 2 heteroatoms. The van der Waals surface area contributed by atoms with E-state index in [-0.39, 0.29) is 0 Å². The minimum absolute atomic E-state index is 1.20. The first-order chi connectivity index (χ1) is 4.84. The summed E-state index contributed by atoms with van der Waals surface area (Å²) in [5.41, 5.74) is 1.20. The molecule has 0 unspecified atom stereocenters. The Hall–Kier alpha value is -0.760. The van der Waals surface area contributed by atoms with E-state index in [9.17, 15) is 0 Å². The summed E-state index contributed by atoms with van der Waals surface area (Å²) in [5.74, 6) is 0. The molecule has 0 aliphatic carbocycles. The van der Waals surface area contributed by atoms with Crippen molar-refractivity contribution in [3.05, 3.63) is 36.0 Å². The predicted octanol–water partition coefficient (Wildman–Crippen LogP) is 2.63. The van der Waals surface area contributed by atoms with Gasteiger partial charge in [-0.3, -0.25) is 4.98 Å². The van der Waals surface area contributed by atoms with Crippen LogP contribution >= 0.6 is 11.8 Å². The lowest BCUT2D eigenvalue weighted by Crippen LogP contribution is -1.78. The van der Waals surface area contributed by atoms with E-state index in [0.29, 0.717) is 0 Å². The van der Waals surface area contributed by atoms with Gasteiger partial charge in [-0.2, -0.15) is 0 Å². The molecule has 0 N–H and O–H groups in total. The van der Waals surface area contributed by atoms with Crippen LogP contribution in [0.5, 0.6) is 0 Å². The second-order valence-corrected chi connectivity index (χ2v) is 2.93. The molecule has 0 spiro atoms. The van der Waals surface area contributed by atoms with Crippen molar-refractivity contribution in [2.24, 2.45) is 0 Å². The summed E-state index contributed by atoms with van der Waals surface area (Å²) in [6, 6.07) is 1.99. The average molecular weight is 151 g/mol. The van der Waals surface area contributed by atoms with Crippen LogP contribution < -0.4 is 0 Å². The fraction of sp³-hybridized carbons (Fsp3) is 0.125. The fourth-order valence-corrected chi connectivity index (χ4v) is 1.24. The Kier molecular flexibility index (Phi) is 2.51. The number of aryl methyl sites for hydroxylation is 1. The second kappa shape index (κ2) is 3.42. The molecule has 52 valence electrons. The molecule has 0 atom stereocenters. The molecule has 0 fully saturated rings. The number of pyridine rings is 1. The van der Waals surface area contributed by atoms with Gasteiger partial charge in [0.2, 0.25) is 0 Å². The highest BCUT2D eigenvalue weighted by atomic mass is 32.2. The number of aromatic nitrogens is 1. The van der Waals surface area contributed by atoms with Crippen LogP contribution in [0.2, 0.25) is 0 Å². The third kappa shape index (κ3) is 1.61. The lowest BCUT2D eigenvalue weighted by molar-refractivity contribution is 1.19. The maximum absolute atomic E-state index is 3.98. The van der Waals surface area contributed by atoms with Crippen LogP contribution in [-0.2, 0) is 0 Å².